The lowest BCUT2D eigenvalue weighted by Gasteiger charge is -2.39. The minimum Gasteiger partial charge on any atom is -0.359 e. The molecule has 21 heavy (non-hydrogen) atoms. The Balaban J connectivity index is 2.06. The summed E-state index contributed by atoms with van der Waals surface area (Å²) in [5.74, 6) is 2.29. The first kappa shape index (κ1) is 15.0. The molecule has 2 heterocycles. The molecule has 0 aliphatic carbocycles. The molecule has 112 valence electrons. The molecule has 2 aliphatic heterocycles. The molecule has 0 amide bonds. The van der Waals surface area contributed by atoms with Gasteiger partial charge in [0.05, 0.1) is 5.69 Å². The number of rotatable bonds is 2. The van der Waals surface area contributed by atoms with E-state index in [1.807, 2.05) is 23.9 Å². The Labute approximate surface area is 136 Å². The Morgan fingerprint density at radius 3 is 2.95 bits per heavy atom. The predicted octanol–water partition coefficient (Wildman–Crippen LogP) is 4.90. The summed E-state index contributed by atoms with van der Waals surface area (Å²) >= 11 is 8.06. The van der Waals surface area contributed by atoms with Gasteiger partial charge in [-0.25, -0.2) is 4.99 Å². The van der Waals surface area contributed by atoms with E-state index in [2.05, 4.69) is 43.3 Å². The topological polar surface area (TPSA) is 15.6 Å². The first-order valence-corrected chi connectivity index (χ1v) is 8.84. The number of benzene rings is 1. The summed E-state index contributed by atoms with van der Waals surface area (Å²) in [6.07, 6.45) is 4.32. The Morgan fingerprint density at radius 2 is 2.29 bits per heavy atom. The summed E-state index contributed by atoms with van der Waals surface area (Å²) in [6, 6.07) is 6.54. The summed E-state index contributed by atoms with van der Waals surface area (Å²) in [7, 11) is 2.18. The number of hydrogen-bond donors (Lipinski definition) is 0. The van der Waals surface area contributed by atoms with Crippen LogP contribution < -0.4 is 0 Å². The van der Waals surface area contributed by atoms with Gasteiger partial charge in [0.1, 0.15) is 5.84 Å². The molecule has 0 fully saturated rings. The predicted molar refractivity (Wildman–Crippen MR) is 93.8 cm³/mol. The van der Waals surface area contributed by atoms with Crippen LogP contribution in [0.5, 0.6) is 0 Å². The van der Waals surface area contributed by atoms with Gasteiger partial charge < -0.3 is 4.90 Å². The van der Waals surface area contributed by atoms with E-state index in [0.717, 1.165) is 35.1 Å². The van der Waals surface area contributed by atoms with Crippen LogP contribution in [0.15, 0.2) is 34.7 Å². The number of amidine groups is 1. The normalized spacial score (nSPS) is 28.3. The van der Waals surface area contributed by atoms with E-state index in [-0.39, 0.29) is 5.41 Å². The molecule has 0 spiro atoms. The number of halogens is 1. The molecule has 0 aromatic heterocycles. The average Bonchev–Trinajstić information content (AvgIpc) is 2.84. The van der Waals surface area contributed by atoms with Crippen LogP contribution in [0.2, 0.25) is 5.02 Å². The fraction of sp³-hybridized carbons (Fsp3) is 0.471. The Kier molecular flexibility index (Phi) is 4.06. The second kappa shape index (κ2) is 5.69. The van der Waals surface area contributed by atoms with E-state index in [9.17, 15) is 0 Å². The molecule has 2 aliphatic rings. The summed E-state index contributed by atoms with van der Waals surface area (Å²) in [5.41, 5.74) is 2.52. The van der Waals surface area contributed by atoms with Gasteiger partial charge in [-0.15, -0.1) is 11.8 Å². The van der Waals surface area contributed by atoms with Crippen molar-refractivity contribution in [3.05, 3.63) is 40.3 Å². The highest BCUT2D eigenvalue weighted by atomic mass is 35.5. The molecule has 4 heteroatoms. The SMILES string of the molecule is CCC1=Nc2cc(Cl)ccc2CC(C2(C)C=CSC2)N1C. The molecule has 0 saturated carbocycles. The summed E-state index contributed by atoms with van der Waals surface area (Å²) in [4.78, 5) is 7.26. The molecule has 2 unspecified atom stereocenters. The van der Waals surface area contributed by atoms with Crippen molar-refractivity contribution in [2.75, 3.05) is 12.8 Å². The van der Waals surface area contributed by atoms with Crippen LogP contribution in [-0.4, -0.2) is 29.6 Å². The average molecular weight is 321 g/mol. The van der Waals surface area contributed by atoms with Gasteiger partial charge in [-0.1, -0.05) is 37.6 Å². The maximum atomic E-state index is 6.15. The number of nitrogens with zero attached hydrogens (tertiary/aromatic N) is 2. The second-order valence-electron chi connectivity index (χ2n) is 6.11. The van der Waals surface area contributed by atoms with Crippen molar-refractivity contribution in [3.63, 3.8) is 0 Å². The summed E-state index contributed by atoms with van der Waals surface area (Å²) in [5, 5.41) is 3.00. The third-order valence-electron chi connectivity index (χ3n) is 4.60. The molecule has 1 aromatic rings. The maximum Gasteiger partial charge on any atom is 0.105 e. The highest BCUT2D eigenvalue weighted by Crippen LogP contribution is 2.41. The van der Waals surface area contributed by atoms with Crippen LogP contribution in [0.4, 0.5) is 5.69 Å². The zero-order valence-corrected chi connectivity index (χ0v) is 14.3. The molecular weight excluding hydrogens is 300 g/mol. The number of fused-ring (bicyclic) bond motifs is 1. The lowest BCUT2D eigenvalue weighted by Crippen LogP contribution is -2.47. The third-order valence-corrected chi connectivity index (χ3v) is 5.95. The molecule has 0 saturated heterocycles. The number of thioether (sulfide) groups is 1. The smallest absolute Gasteiger partial charge is 0.105 e. The standard InChI is InChI=1S/C17H21ClN2S/c1-4-16-19-14-10-13(18)6-5-12(14)9-15(20(16)3)17(2)7-8-21-11-17/h5-8,10,15H,4,9,11H2,1-3H3. The largest absolute Gasteiger partial charge is 0.359 e. The van der Waals surface area contributed by atoms with E-state index in [1.165, 1.54) is 5.56 Å². The van der Waals surface area contributed by atoms with Gasteiger partial charge in [-0.2, -0.15) is 0 Å². The van der Waals surface area contributed by atoms with E-state index in [1.54, 1.807) is 0 Å². The van der Waals surface area contributed by atoms with Gasteiger partial charge in [0.2, 0.25) is 0 Å². The Hall–Kier alpha value is -0.930. The van der Waals surface area contributed by atoms with E-state index >= 15 is 0 Å². The zero-order valence-electron chi connectivity index (χ0n) is 12.8. The molecular formula is C17H21ClN2S. The monoisotopic (exact) mass is 320 g/mol. The van der Waals surface area contributed by atoms with Crippen LogP contribution in [0.3, 0.4) is 0 Å². The van der Waals surface area contributed by atoms with Crippen LogP contribution >= 0.6 is 23.4 Å². The summed E-state index contributed by atoms with van der Waals surface area (Å²) in [6.45, 7) is 4.53. The second-order valence-corrected chi connectivity index (χ2v) is 7.44. The van der Waals surface area contributed by atoms with Gasteiger partial charge in [0.25, 0.3) is 0 Å². The minimum atomic E-state index is 0.191. The number of hydrogen-bond acceptors (Lipinski definition) is 3. The fourth-order valence-electron chi connectivity index (χ4n) is 3.25. The zero-order chi connectivity index (χ0) is 15.0. The van der Waals surface area contributed by atoms with Crippen molar-refractivity contribution in [1.29, 1.82) is 0 Å². The molecule has 0 N–H and O–H groups in total. The van der Waals surface area contributed by atoms with Crippen molar-refractivity contribution >= 4 is 34.9 Å². The molecule has 0 bridgehead atoms. The van der Waals surface area contributed by atoms with Crippen molar-refractivity contribution in [2.24, 2.45) is 10.4 Å². The first-order chi connectivity index (χ1) is 10.0. The van der Waals surface area contributed by atoms with Crippen LogP contribution in [0, 0.1) is 5.41 Å². The van der Waals surface area contributed by atoms with E-state index in [0.29, 0.717) is 6.04 Å². The van der Waals surface area contributed by atoms with Crippen molar-refractivity contribution in [2.45, 2.75) is 32.7 Å². The van der Waals surface area contributed by atoms with Crippen molar-refractivity contribution in [1.82, 2.24) is 4.90 Å². The van der Waals surface area contributed by atoms with Crippen LogP contribution in [-0.2, 0) is 6.42 Å². The first-order valence-electron chi connectivity index (χ1n) is 7.41. The summed E-state index contributed by atoms with van der Waals surface area (Å²) < 4.78 is 0. The van der Waals surface area contributed by atoms with Gasteiger partial charge in [0.15, 0.2) is 0 Å². The molecule has 2 atom stereocenters. The van der Waals surface area contributed by atoms with Crippen molar-refractivity contribution < 1.29 is 0 Å². The van der Waals surface area contributed by atoms with E-state index in [4.69, 9.17) is 16.6 Å². The highest BCUT2D eigenvalue weighted by Gasteiger charge is 2.39. The Morgan fingerprint density at radius 1 is 1.48 bits per heavy atom. The molecule has 1 aromatic carbocycles. The van der Waals surface area contributed by atoms with Gasteiger partial charge in [-0.05, 0) is 29.5 Å². The van der Waals surface area contributed by atoms with Crippen molar-refractivity contribution in [3.8, 4) is 0 Å². The quantitative estimate of drug-likeness (QED) is 0.770. The van der Waals surface area contributed by atoms with Gasteiger partial charge >= 0.3 is 0 Å². The van der Waals surface area contributed by atoms with Gasteiger partial charge in [-0.3, -0.25) is 0 Å². The van der Waals surface area contributed by atoms with Crippen LogP contribution in [0.25, 0.3) is 0 Å². The molecule has 3 rings (SSSR count). The number of likely N-dealkylation sites (N-methyl/N-ethyl adjacent to an activating group) is 1. The highest BCUT2D eigenvalue weighted by molar-refractivity contribution is 8.02. The van der Waals surface area contributed by atoms with Crippen LogP contribution in [0.1, 0.15) is 25.8 Å². The lowest BCUT2D eigenvalue weighted by atomic mass is 9.80. The fourth-order valence-corrected chi connectivity index (χ4v) is 4.56. The Bertz CT molecular complexity index is 611. The maximum absolute atomic E-state index is 6.15. The molecule has 2 nitrogen and oxygen atoms in total. The number of aliphatic imine (C=N–C) groups is 1. The van der Waals surface area contributed by atoms with E-state index < -0.39 is 0 Å². The van der Waals surface area contributed by atoms with Gasteiger partial charge in [0, 0.05) is 35.7 Å². The molecule has 0 radical (unpaired) electrons. The minimum absolute atomic E-state index is 0.191. The lowest BCUT2D eigenvalue weighted by molar-refractivity contribution is 0.225. The third kappa shape index (κ3) is 2.74.